The third-order valence-corrected chi connectivity index (χ3v) is 2.87. The lowest BCUT2D eigenvalue weighted by atomic mass is 10.0. The van der Waals surface area contributed by atoms with Gasteiger partial charge in [-0.2, -0.15) is 0 Å². The lowest BCUT2D eigenvalue weighted by Gasteiger charge is -2.26. The van der Waals surface area contributed by atoms with Gasteiger partial charge in [-0.1, -0.05) is 13.8 Å². The first-order valence-electron chi connectivity index (χ1n) is 5.30. The zero-order chi connectivity index (χ0) is 11.6. The Morgan fingerprint density at radius 1 is 1.40 bits per heavy atom. The summed E-state index contributed by atoms with van der Waals surface area (Å²) in [6.45, 7) is 4.36. The molecule has 1 aliphatic rings. The van der Waals surface area contributed by atoms with Crippen LogP contribution >= 0.6 is 0 Å². The van der Waals surface area contributed by atoms with Crippen LogP contribution in [0.4, 0.5) is 0 Å². The van der Waals surface area contributed by atoms with Crippen LogP contribution in [0, 0.1) is 5.92 Å². The van der Waals surface area contributed by atoms with E-state index in [1.807, 2.05) is 13.8 Å². The average Bonchev–Trinajstić information content (AvgIpc) is 2.63. The van der Waals surface area contributed by atoms with Gasteiger partial charge >= 0.3 is 0 Å². The monoisotopic (exact) mass is 213 g/mol. The topological polar surface area (TPSA) is 89.4 Å². The van der Waals surface area contributed by atoms with Gasteiger partial charge in [0.25, 0.3) is 0 Å². The maximum absolute atomic E-state index is 11.9. The fourth-order valence-corrected chi connectivity index (χ4v) is 1.80. The highest BCUT2D eigenvalue weighted by molar-refractivity contribution is 5.89. The summed E-state index contributed by atoms with van der Waals surface area (Å²) in [7, 11) is 0. The van der Waals surface area contributed by atoms with Crippen molar-refractivity contribution in [1.29, 1.82) is 0 Å². The maximum atomic E-state index is 11.9. The van der Waals surface area contributed by atoms with Crippen LogP contribution in [-0.2, 0) is 9.59 Å². The van der Waals surface area contributed by atoms with Gasteiger partial charge in [0.2, 0.25) is 11.8 Å². The number of carbonyl (C=O) groups is 2. The van der Waals surface area contributed by atoms with Gasteiger partial charge in [-0.3, -0.25) is 9.59 Å². The Bertz CT molecular complexity index is 265. The summed E-state index contributed by atoms with van der Waals surface area (Å²) in [5.41, 5.74) is 11.0. The van der Waals surface area contributed by atoms with Crippen molar-refractivity contribution in [3.05, 3.63) is 0 Å². The van der Waals surface area contributed by atoms with Gasteiger partial charge in [0.1, 0.15) is 6.04 Å². The average molecular weight is 213 g/mol. The summed E-state index contributed by atoms with van der Waals surface area (Å²) >= 11 is 0. The molecule has 2 atom stereocenters. The number of nitrogens with zero attached hydrogens (tertiary/aromatic N) is 1. The number of carbonyl (C=O) groups excluding carboxylic acids is 2. The lowest BCUT2D eigenvalue weighted by Crippen LogP contribution is -2.51. The molecule has 86 valence electrons. The van der Waals surface area contributed by atoms with Crippen molar-refractivity contribution in [3.8, 4) is 0 Å². The molecule has 5 heteroatoms. The van der Waals surface area contributed by atoms with Crippen LogP contribution < -0.4 is 11.5 Å². The first kappa shape index (κ1) is 12.0. The third-order valence-electron chi connectivity index (χ3n) is 2.87. The summed E-state index contributed by atoms with van der Waals surface area (Å²) in [5, 5.41) is 0. The zero-order valence-electron chi connectivity index (χ0n) is 9.27. The maximum Gasteiger partial charge on any atom is 0.240 e. The molecule has 0 aromatic heterocycles. The molecule has 4 N–H and O–H groups in total. The van der Waals surface area contributed by atoms with Crippen LogP contribution in [0.15, 0.2) is 0 Å². The van der Waals surface area contributed by atoms with Gasteiger partial charge < -0.3 is 16.4 Å². The summed E-state index contributed by atoms with van der Waals surface area (Å²) < 4.78 is 0. The van der Waals surface area contributed by atoms with Crippen molar-refractivity contribution in [3.63, 3.8) is 0 Å². The van der Waals surface area contributed by atoms with Crippen LogP contribution in [0.25, 0.3) is 0 Å². The molecule has 1 fully saturated rings. The highest BCUT2D eigenvalue weighted by atomic mass is 16.2. The van der Waals surface area contributed by atoms with E-state index in [1.54, 1.807) is 0 Å². The van der Waals surface area contributed by atoms with Crippen molar-refractivity contribution in [2.75, 3.05) is 6.54 Å². The SMILES string of the molecule is CC(C)[C@H](N)C(=O)N1CCCC1C(N)=O. The zero-order valence-corrected chi connectivity index (χ0v) is 9.27. The van der Waals surface area contributed by atoms with E-state index in [4.69, 9.17) is 11.5 Å². The first-order chi connectivity index (χ1) is 6.95. The van der Waals surface area contributed by atoms with E-state index in [9.17, 15) is 9.59 Å². The molecule has 0 aliphatic carbocycles. The minimum Gasteiger partial charge on any atom is -0.368 e. The largest absolute Gasteiger partial charge is 0.368 e. The molecule has 15 heavy (non-hydrogen) atoms. The van der Waals surface area contributed by atoms with E-state index in [1.165, 1.54) is 4.90 Å². The minimum absolute atomic E-state index is 0.0756. The molecule has 0 bridgehead atoms. The molecule has 1 unspecified atom stereocenters. The van der Waals surface area contributed by atoms with E-state index >= 15 is 0 Å². The van der Waals surface area contributed by atoms with E-state index < -0.39 is 18.0 Å². The van der Waals surface area contributed by atoms with Crippen LogP contribution in [0.2, 0.25) is 0 Å². The second kappa shape index (κ2) is 4.61. The Kier molecular flexibility index (Phi) is 3.68. The van der Waals surface area contributed by atoms with Crippen molar-refractivity contribution in [2.45, 2.75) is 38.8 Å². The highest BCUT2D eigenvalue weighted by Crippen LogP contribution is 2.18. The number of nitrogens with two attached hydrogens (primary N) is 2. The number of likely N-dealkylation sites (tertiary alicyclic amines) is 1. The van der Waals surface area contributed by atoms with Crippen LogP contribution in [0.1, 0.15) is 26.7 Å². The summed E-state index contributed by atoms with van der Waals surface area (Å²) in [6, 6.07) is -0.993. The van der Waals surface area contributed by atoms with Gasteiger partial charge in [-0.05, 0) is 18.8 Å². The number of amides is 2. The second-order valence-corrected chi connectivity index (χ2v) is 4.36. The fourth-order valence-electron chi connectivity index (χ4n) is 1.80. The molecule has 1 heterocycles. The summed E-state index contributed by atoms with van der Waals surface area (Å²) in [5.74, 6) is -0.519. The van der Waals surface area contributed by atoms with Crippen LogP contribution in [0.3, 0.4) is 0 Å². The Balaban J connectivity index is 2.70. The van der Waals surface area contributed by atoms with Gasteiger partial charge in [-0.15, -0.1) is 0 Å². The predicted molar refractivity (Wildman–Crippen MR) is 56.7 cm³/mol. The number of rotatable bonds is 3. The smallest absolute Gasteiger partial charge is 0.240 e. The molecule has 0 spiro atoms. The molecule has 1 saturated heterocycles. The Hall–Kier alpha value is -1.10. The number of primary amides is 1. The second-order valence-electron chi connectivity index (χ2n) is 4.36. The minimum atomic E-state index is -0.537. The molecular weight excluding hydrogens is 194 g/mol. The predicted octanol–water partition coefficient (Wildman–Crippen LogP) is -0.554. The van der Waals surface area contributed by atoms with Gasteiger partial charge in [0, 0.05) is 6.54 Å². The molecule has 0 aromatic carbocycles. The van der Waals surface area contributed by atoms with E-state index in [2.05, 4.69) is 0 Å². The van der Waals surface area contributed by atoms with Crippen LogP contribution in [0.5, 0.6) is 0 Å². The normalized spacial score (nSPS) is 23.2. The van der Waals surface area contributed by atoms with Gasteiger partial charge in [-0.25, -0.2) is 0 Å². The van der Waals surface area contributed by atoms with Gasteiger partial charge in [0.15, 0.2) is 0 Å². The number of hydrogen-bond acceptors (Lipinski definition) is 3. The van der Waals surface area contributed by atoms with Crippen molar-refractivity contribution < 1.29 is 9.59 Å². The van der Waals surface area contributed by atoms with Crippen LogP contribution in [-0.4, -0.2) is 35.3 Å². The lowest BCUT2D eigenvalue weighted by molar-refractivity contribution is -0.139. The van der Waals surface area contributed by atoms with Crippen molar-refractivity contribution in [1.82, 2.24) is 4.90 Å². The molecule has 0 radical (unpaired) electrons. The highest BCUT2D eigenvalue weighted by Gasteiger charge is 2.35. The Morgan fingerprint density at radius 3 is 2.47 bits per heavy atom. The van der Waals surface area contributed by atoms with Crippen molar-refractivity contribution >= 4 is 11.8 Å². The number of hydrogen-bond donors (Lipinski definition) is 2. The summed E-state index contributed by atoms with van der Waals surface area (Å²) in [4.78, 5) is 24.5. The third kappa shape index (κ3) is 2.47. The molecule has 1 aliphatic heterocycles. The molecule has 1 rings (SSSR count). The van der Waals surface area contributed by atoms with E-state index in [-0.39, 0.29) is 11.8 Å². The van der Waals surface area contributed by atoms with E-state index in [0.717, 1.165) is 6.42 Å². The molecule has 2 amide bonds. The van der Waals surface area contributed by atoms with Crippen molar-refractivity contribution in [2.24, 2.45) is 17.4 Å². The first-order valence-corrected chi connectivity index (χ1v) is 5.30. The standard InChI is InChI=1S/C10H19N3O2/c1-6(2)8(11)10(15)13-5-3-4-7(13)9(12)14/h6-8H,3-5,11H2,1-2H3,(H2,12,14)/t7?,8-/m0/s1. The molecule has 0 saturated carbocycles. The Labute approximate surface area is 89.8 Å². The molecule has 0 aromatic rings. The summed E-state index contributed by atoms with van der Waals surface area (Å²) in [6.07, 6.45) is 1.48. The molecule has 5 nitrogen and oxygen atoms in total. The quantitative estimate of drug-likeness (QED) is 0.659. The molecular formula is C10H19N3O2. The fraction of sp³-hybridized carbons (Fsp3) is 0.800. The van der Waals surface area contributed by atoms with Gasteiger partial charge in [0.05, 0.1) is 6.04 Å². The Morgan fingerprint density at radius 2 is 2.00 bits per heavy atom. The van der Waals surface area contributed by atoms with E-state index in [0.29, 0.717) is 13.0 Å².